The molecule has 3 aromatic carbocycles. The second-order valence-corrected chi connectivity index (χ2v) is 10.9. The van der Waals surface area contributed by atoms with Crippen molar-refractivity contribution in [2.24, 2.45) is 0 Å². The van der Waals surface area contributed by atoms with Gasteiger partial charge in [0.2, 0.25) is 5.88 Å². The predicted molar refractivity (Wildman–Crippen MR) is 145 cm³/mol. The molecule has 3 atom stereocenters. The number of rotatable bonds is 6. The van der Waals surface area contributed by atoms with E-state index in [2.05, 4.69) is 21.2 Å². The smallest absolute Gasteiger partial charge is 0.217 e. The first-order chi connectivity index (χ1) is 17.8. The van der Waals surface area contributed by atoms with Gasteiger partial charge in [-0.1, -0.05) is 45.7 Å². The van der Waals surface area contributed by atoms with Gasteiger partial charge in [-0.15, -0.1) is 0 Å². The first kappa shape index (κ1) is 26.0. The number of nitrogens with zero attached hydrogens (tertiary/aromatic N) is 1. The molecule has 1 saturated heterocycles. The highest BCUT2D eigenvalue weighted by Gasteiger charge is 2.44. The quantitative estimate of drug-likeness (QED) is 0.261. The predicted octanol–water partition coefficient (Wildman–Crippen LogP) is 6.80. The molecule has 0 bridgehead atoms. The van der Waals surface area contributed by atoms with Crippen LogP contribution in [0.3, 0.4) is 0 Å². The van der Waals surface area contributed by atoms with Crippen molar-refractivity contribution < 1.29 is 18.6 Å². The van der Waals surface area contributed by atoms with Crippen LogP contribution in [0.25, 0.3) is 10.9 Å². The number of benzene rings is 3. The van der Waals surface area contributed by atoms with Gasteiger partial charge in [-0.05, 0) is 85.5 Å². The molecule has 2 N–H and O–H groups in total. The average molecular weight is 588 g/mol. The second kappa shape index (κ2) is 10.7. The molecule has 5 rings (SSSR count). The second-order valence-electron chi connectivity index (χ2n) is 9.57. The van der Waals surface area contributed by atoms with Crippen LogP contribution >= 0.6 is 27.5 Å². The maximum atomic E-state index is 13.8. The van der Waals surface area contributed by atoms with E-state index < -0.39 is 23.2 Å². The molecule has 37 heavy (non-hydrogen) atoms. The summed E-state index contributed by atoms with van der Waals surface area (Å²) in [5.41, 5.74) is 1.93. The standard InChI is InChI=1S/C29H26BrClF2N2O2/c1-37-28-23(15-19-14-20(30)5-9-26(19)35-28)27(18-3-6-21(31)7-4-18)29(36)10-11-34-22(16-29)12-17-2-8-24(32)25(33)13-17/h2-9,13-15,22,27,34,36H,10-12,16H2,1H3/t22-,27?,29?/m1/s1. The summed E-state index contributed by atoms with van der Waals surface area (Å²) in [5.74, 6) is -1.77. The number of fused-ring (bicyclic) bond motifs is 1. The van der Waals surface area contributed by atoms with Gasteiger partial charge in [-0.3, -0.25) is 0 Å². The van der Waals surface area contributed by atoms with E-state index in [1.165, 1.54) is 6.07 Å². The van der Waals surface area contributed by atoms with Crippen molar-refractivity contribution in [1.29, 1.82) is 0 Å². The molecule has 1 fully saturated rings. The van der Waals surface area contributed by atoms with Crippen molar-refractivity contribution >= 4 is 38.4 Å². The molecule has 1 aliphatic rings. The molecular formula is C29H26BrClF2N2O2. The summed E-state index contributed by atoms with van der Waals surface area (Å²) in [7, 11) is 1.58. The summed E-state index contributed by atoms with van der Waals surface area (Å²) in [6, 6.07) is 19.1. The van der Waals surface area contributed by atoms with Crippen LogP contribution in [-0.4, -0.2) is 35.4 Å². The third-order valence-electron chi connectivity index (χ3n) is 7.07. The number of halogens is 4. The Morgan fingerprint density at radius 2 is 1.89 bits per heavy atom. The summed E-state index contributed by atoms with van der Waals surface area (Å²) < 4.78 is 34.0. The lowest BCUT2D eigenvalue weighted by molar-refractivity contribution is -0.0191. The number of methoxy groups -OCH3 is 1. The molecule has 2 heterocycles. The van der Waals surface area contributed by atoms with E-state index in [-0.39, 0.29) is 6.04 Å². The zero-order chi connectivity index (χ0) is 26.2. The van der Waals surface area contributed by atoms with Crippen LogP contribution in [0, 0.1) is 11.6 Å². The number of pyridine rings is 1. The highest BCUT2D eigenvalue weighted by Crippen LogP contribution is 2.45. The van der Waals surface area contributed by atoms with Crippen molar-refractivity contribution in [3.8, 4) is 5.88 Å². The largest absolute Gasteiger partial charge is 0.481 e. The van der Waals surface area contributed by atoms with Crippen LogP contribution in [0.4, 0.5) is 8.78 Å². The number of hydrogen-bond donors (Lipinski definition) is 2. The lowest BCUT2D eigenvalue weighted by Gasteiger charge is -2.43. The van der Waals surface area contributed by atoms with E-state index in [4.69, 9.17) is 21.3 Å². The van der Waals surface area contributed by atoms with E-state index in [9.17, 15) is 13.9 Å². The lowest BCUT2D eigenvalue weighted by atomic mass is 9.70. The summed E-state index contributed by atoms with van der Waals surface area (Å²) in [6.07, 6.45) is 1.32. The molecule has 1 aliphatic heterocycles. The van der Waals surface area contributed by atoms with Crippen LogP contribution in [0.2, 0.25) is 5.02 Å². The van der Waals surface area contributed by atoms with Crippen LogP contribution < -0.4 is 10.1 Å². The molecule has 4 aromatic rings. The molecule has 0 spiro atoms. The summed E-state index contributed by atoms with van der Waals surface area (Å²) >= 11 is 9.74. The Kier molecular flexibility index (Phi) is 7.50. The zero-order valence-corrected chi connectivity index (χ0v) is 22.5. The lowest BCUT2D eigenvalue weighted by Crippen LogP contribution is -2.52. The Morgan fingerprint density at radius 1 is 1.11 bits per heavy atom. The number of nitrogens with one attached hydrogen (secondary N) is 1. The van der Waals surface area contributed by atoms with Crippen molar-refractivity contribution in [2.75, 3.05) is 13.7 Å². The maximum absolute atomic E-state index is 13.8. The Labute approximate surface area is 227 Å². The molecule has 1 aromatic heterocycles. The number of ether oxygens (including phenoxy) is 1. The van der Waals surface area contributed by atoms with E-state index in [1.54, 1.807) is 13.2 Å². The van der Waals surface area contributed by atoms with Gasteiger partial charge in [-0.2, -0.15) is 0 Å². The minimum Gasteiger partial charge on any atom is -0.481 e. The number of hydrogen-bond acceptors (Lipinski definition) is 4. The van der Waals surface area contributed by atoms with Gasteiger partial charge in [-0.25, -0.2) is 13.8 Å². The van der Waals surface area contributed by atoms with Gasteiger partial charge < -0.3 is 15.2 Å². The summed E-state index contributed by atoms with van der Waals surface area (Å²) in [5, 5.41) is 17.3. The van der Waals surface area contributed by atoms with E-state index >= 15 is 0 Å². The van der Waals surface area contributed by atoms with Crippen LogP contribution in [0.1, 0.15) is 35.4 Å². The fourth-order valence-corrected chi connectivity index (χ4v) is 5.91. The zero-order valence-electron chi connectivity index (χ0n) is 20.1. The topological polar surface area (TPSA) is 54.4 Å². The third-order valence-corrected chi connectivity index (χ3v) is 7.82. The minimum absolute atomic E-state index is 0.146. The Morgan fingerprint density at radius 3 is 2.62 bits per heavy atom. The summed E-state index contributed by atoms with van der Waals surface area (Å²) in [4.78, 5) is 4.76. The van der Waals surface area contributed by atoms with Crippen LogP contribution in [0.5, 0.6) is 5.88 Å². The van der Waals surface area contributed by atoms with Crippen molar-refractivity contribution in [3.05, 3.63) is 105 Å². The van der Waals surface area contributed by atoms with Gasteiger partial charge in [0.25, 0.3) is 0 Å². The number of piperidine rings is 1. The molecule has 8 heteroatoms. The van der Waals surface area contributed by atoms with E-state index in [0.29, 0.717) is 42.3 Å². The molecule has 192 valence electrons. The summed E-state index contributed by atoms with van der Waals surface area (Å²) in [6.45, 7) is 0.559. The van der Waals surface area contributed by atoms with Gasteiger partial charge in [0.15, 0.2) is 11.6 Å². The third kappa shape index (κ3) is 5.50. The highest BCUT2D eigenvalue weighted by molar-refractivity contribution is 9.10. The van der Waals surface area contributed by atoms with Crippen molar-refractivity contribution in [3.63, 3.8) is 0 Å². The molecule has 0 radical (unpaired) electrons. The van der Waals surface area contributed by atoms with Gasteiger partial charge in [0.1, 0.15) is 0 Å². The first-order valence-corrected chi connectivity index (χ1v) is 13.2. The van der Waals surface area contributed by atoms with Crippen molar-refractivity contribution in [1.82, 2.24) is 10.3 Å². The highest BCUT2D eigenvalue weighted by atomic mass is 79.9. The maximum Gasteiger partial charge on any atom is 0.217 e. The fourth-order valence-electron chi connectivity index (χ4n) is 5.40. The van der Waals surface area contributed by atoms with Gasteiger partial charge in [0, 0.05) is 32.4 Å². The van der Waals surface area contributed by atoms with Crippen LogP contribution in [0.15, 0.2) is 71.2 Å². The van der Waals surface area contributed by atoms with Crippen LogP contribution in [-0.2, 0) is 6.42 Å². The molecule has 2 unspecified atom stereocenters. The molecule has 0 aliphatic carbocycles. The average Bonchev–Trinajstić information content (AvgIpc) is 2.87. The van der Waals surface area contributed by atoms with Crippen molar-refractivity contribution in [2.45, 2.75) is 36.8 Å². The monoisotopic (exact) mass is 586 g/mol. The number of aliphatic hydroxyl groups is 1. The Hall–Kier alpha value is -2.58. The minimum atomic E-state index is -1.17. The fraction of sp³-hybridized carbons (Fsp3) is 0.276. The molecular weight excluding hydrogens is 562 g/mol. The molecule has 0 saturated carbocycles. The Balaban J connectivity index is 1.58. The van der Waals surface area contributed by atoms with Gasteiger partial charge in [0.05, 0.1) is 18.2 Å². The molecule has 4 nitrogen and oxygen atoms in total. The Bertz CT molecular complexity index is 1440. The normalized spacial score (nSPS) is 20.6. The number of aromatic nitrogens is 1. The molecule has 0 amide bonds. The first-order valence-electron chi connectivity index (χ1n) is 12.0. The SMILES string of the molecule is COc1nc2ccc(Br)cc2cc1C(c1ccc(Cl)cc1)C1(O)CCN[C@H](Cc2ccc(F)c(F)c2)C1. The van der Waals surface area contributed by atoms with E-state index in [0.717, 1.165) is 32.6 Å². The van der Waals surface area contributed by atoms with E-state index in [1.807, 2.05) is 48.5 Å². The van der Waals surface area contributed by atoms with Gasteiger partial charge >= 0.3 is 0 Å².